The van der Waals surface area contributed by atoms with Crippen LogP contribution in [0.5, 0.6) is 0 Å². The maximum absolute atomic E-state index is 13.3. The van der Waals surface area contributed by atoms with E-state index in [1.54, 1.807) is 0 Å². The number of rotatable bonds is 4. The summed E-state index contributed by atoms with van der Waals surface area (Å²) >= 11 is 6.02. The number of carbonyl (C=O) groups is 1. The molecule has 2 rings (SSSR count). The van der Waals surface area contributed by atoms with Crippen molar-refractivity contribution in [1.82, 2.24) is 9.78 Å². The number of carbonyl (C=O) groups excluding carboxylic acids is 1. The minimum atomic E-state index is -1.57. The molecule has 0 saturated carbocycles. The summed E-state index contributed by atoms with van der Waals surface area (Å²) in [5.41, 5.74) is 0.500. The van der Waals surface area contributed by atoms with Crippen molar-refractivity contribution in [2.75, 3.05) is 0 Å². The Bertz CT molecular complexity index is 675. The lowest BCUT2D eigenvalue weighted by Crippen LogP contribution is -2.02. The zero-order valence-electron chi connectivity index (χ0n) is 11.3. The van der Waals surface area contributed by atoms with Crippen molar-refractivity contribution in [1.29, 1.82) is 0 Å². The fraction of sp³-hybridized carbons (Fsp3) is 0.286. The van der Waals surface area contributed by atoms with E-state index in [0.29, 0.717) is 18.4 Å². The van der Waals surface area contributed by atoms with Crippen LogP contribution in [0.1, 0.15) is 29.9 Å². The van der Waals surface area contributed by atoms with Gasteiger partial charge in [-0.15, -0.1) is 0 Å². The van der Waals surface area contributed by atoms with Crippen LogP contribution < -0.4 is 0 Å². The summed E-state index contributed by atoms with van der Waals surface area (Å²) in [5.74, 6) is -4.06. The van der Waals surface area contributed by atoms with Crippen LogP contribution in [-0.2, 0) is 6.42 Å². The van der Waals surface area contributed by atoms with E-state index in [2.05, 4.69) is 5.10 Å². The van der Waals surface area contributed by atoms with Crippen LogP contribution in [0, 0.1) is 23.4 Å². The van der Waals surface area contributed by atoms with Crippen molar-refractivity contribution in [2.45, 2.75) is 20.3 Å². The lowest BCUT2D eigenvalue weighted by atomic mass is 10.1. The van der Waals surface area contributed by atoms with Gasteiger partial charge < -0.3 is 0 Å². The quantitative estimate of drug-likeness (QED) is 0.632. The molecule has 1 heterocycles. The molecule has 3 nitrogen and oxygen atoms in total. The van der Waals surface area contributed by atoms with Crippen molar-refractivity contribution < 1.29 is 18.0 Å². The highest BCUT2D eigenvalue weighted by Crippen LogP contribution is 2.26. The van der Waals surface area contributed by atoms with Crippen molar-refractivity contribution in [3.05, 3.63) is 46.0 Å². The SMILES string of the molecule is CC(C)Cc1nn(-c2cc(F)c(F)c(F)c2)c(Cl)c1C=O. The van der Waals surface area contributed by atoms with Gasteiger partial charge in [0, 0.05) is 12.1 Å². The minimum Gasteiger partial charge on any atom is -0.298 e. The number of aldehydes is 1. The number of aromatic nitrogens is 2. The van der Waals surface area contributed by atoms with Gasteiger partial charge in [-0.3, -0.25) is 4.79 Å². The van der Waals surface area contributed by atoms with Gasteiger partial charge in [-0.1, -0.05) is 25.4 Å². The van der Waals surface area contributed by atoms with Crippen LogP contribution in [0.25, 0.3) is 5.69 Å². The fourth-order valence-electron chi connectivity index (χ4n) is 1.94. The maximum Gasteiger partial charge on any atom is 0.194 e. The molecule has 0 aliphatic carbocycles. The van der Waals surface area contributed by atoms with Gasteiger partial charge in [0.1, 0.15) is 5.15 Å². The lowest BCUT2D eigenvalue weighted by Gasteiger charge is -2.05. The first-order chi connectivity index (χ1) is 9.85. The van der Waals surface area contributed by atoms with Gasteiger partial charge in [-0.25, -0.2) is 17.9 Å². The number of hydrogen-bond acceptors (Lipinski definition) is 2. The smallest absolute Gasteiger partial charge is 0.194 e. The Labute approximate surface area is 124 Å². The molecule has 0 unspecified atom stereocenters. The number of benzene rings is 1. The van der Waals surface area contributed by atoms with Gasteiger partial charge >= 0.3 is 0 Å². The average Bonchev–Trinajstić information content (AvgIpc) is 2.70. The summed E-state index contributed by atoms with van der Waals surface area (Å²) in [6.45, 7) is 3.86. The van der Waals surface area contributed by atoms with Crippen LogP contribution in [0.15, 0.2) is 12.1 Å². The standard InChI is InChI=1S/C14H12ClF3N2O/c1-7(2)3-12-9(6-21)14(15)20(19-12)8-4-10(16)13(18)11(17)5-8/h4-7H,3H2,1-2H3. The van der Waals surface area contributed by atoms with Crippen molar-refractivity contribution >= 4 is 17.9 Å². The Kier molecular flexibility index (Phi) is 4.37. The van der Waals surface area contributed by atoms with Crippen LogP contribution in [0.4, 0.5) is 13.2 Å². The summed E-state index contributed by atoms with van der Waals surface area (Å²) < 4.78 is 40.6. The molecule has 0 spiro atoms. The third-order valence-electron chi connectivity index (χ3n) is 2.87. The molecule has 2 aromatic rings. The molecule has 21 heavy (non-hydrogen) atoms. The molecule has 0 N–H and O–H groups in total. The molecule has 0 radical (unpaired) electrons. The molecule has 0 atom stereocenters. The summed E-state index contributed by atoms with van der Waals surface area (Å²) in [6, 6.07) is 1.54. The molecule has 7 heteroatoms. The molecule has 0 aliphatic rings. The van der Waals surface area contributed by atoms with E-state index in [1.165, 1.54) is 0 Å². The van der Waals surface area contributed by atoms with E-state index < -0.39 is 17.5 Å². The largest absolute Gasteiger partial charge is 0.298 e. The zero-order valence-corrected chi connectivity index (χ0v) is 12.1. The molecular weight excluding hydrogens is 305 g/mol. The van der Waals surface area contributed by atoms with Crippen molar-refractivity contribution in [2.24, 2.45) is 5.92 Å². The molecule has 0 fully saturated rings. The topological polar surface area (TPSA) is 34.9 Å². The highest BCUT2D eigenvalue weighted by atomic mass is 35.5. The monoisotopic (exact) mass is 316 g/mol. The predicted octanol–water partition coefficient (Wildman–Crippen LogP) is 3.95. The van der Waals surface area contributed by atoms with Crippen LogP contribution >= 0.6 is 11.6 Å². The first-order valence-corrected chi connectivity index (χ1v) is 6.60. The van der Waals surface area contributed by atoms with Crippen molar-refractivity contribution in [3.8, 4) is 5.69 Å². The average molecular weight is 317 g/mol. The van der Waals surface area contributed by atoms with E-state index in [-0.39, 0.29) is 22.3 Å². The number of nitrogens with zero attached hydrogens (tertiary/aromatic N) is 2. The molecule has 1 aromatic carbocycles. The van der Waals surface area contributed by atoms with Gasteiger partial charge in [0.15, 0.2) is 23.7 Å². The van der Waals surface area contributed by atoms with Gasteiger partial charge in [0.2, 0.25) is 0 Å². The Balaban J connectivity index is 2.59. The second-order valence-corrected chi connectivity index (χ2v) is 5.36. The second kappa shape index (κ2) is 5.89. The van der Waals surface area contributed by atoms with Crippen molar-refractivity contribution in [3.63, 3.8) is 0 Å². The Morgan fingerprint density at radius 3 is 2.33 bits per heavy atom. The second-order valence-electron chi connectivity index (χ2n) is 5.00. The molecule has 0 bridgehead atoms. The first kappa shape index (κ1) is 15.6. The first-order valence-electron chi connectivity index (χ1n) is 6.22. The van der Waals surface area contributed by atoms with E-state index in [4.69, 9.17) is 11.6 Å². The number of halogens is 4. The normalized spacial score (nSPS) is 11.2. The Morgan fingerprint density at radius 2 is 1.86 bits per heavy atom. The van der Waals surface area contributed by atoms with Crippen LogP contribution in [0.3, 0.4) is 0 Å². The predicted molar refractivity (Wildman–Crippen MR) is 72.4 cm³/mol. The highest BCUT2D eigenvalue weighted by molar-refractivity contribution is 6.32. The van der Waals surface area contributed by atoms with Gasteiger partial charge in [-0.05, 0) is 12.3 Å². The highest BCUT2D eigenvalue weighted by Gasteiger charge is 2.20. The molecule has 0 amide bonds. The van der Waals surface area contributed by atoms with Gasteiger partial charge in [0.05, 0.1) is 16.9 Å². The number of hydrogen-bond donors (Lipinski definition) is 0. The molecular formula is C14H12ClF3N2O. The van der Waals surface area contributed by atoms with Crippen LogP contribution in [-0.4, -0.2) is 16.1 Å². The minimum absolute atomic E-state index is 0.0638. The van der Waals surface area contributed by atoms with E-state index in [1.807, 2.05) is 13.8 Å². The summed E-state index contributed by atoms with van der Waals surface area (Å²) in [5, 5.41) is 4.04. The lowest BCUT2D eigenvalue weighted by molar-refractivity contribution is 0.112. The van der Waals surface area contributed by atoms with Crippen LogP contribution in [0.2, 0.25) is 5.15 Å². The maximum atomic E-state index is 13.3. The van der Waals surface area contributed by atoms with E-state index in [0.717, 1.165) is 16.8 Å². The molecule has 0 aliphatic heterocycles. The zero-order chi connectivity index (χ0) is 15.7. The fourth-order valence-corrected chi connectivity index (χ4v) is 2.23. The van der Waals surface area contributed by atoms with Gasteiger partial charge in [0.25, 0.3) is 0 Å². The third-order valence-corrected chi connectivity index (χ3v) is 3.24. The molecule has 112 valence electrons. The Hall–Kier alpha value is -1.82. The summed E-state index contributed by atoms with van der Waals surface area (Å²) in [4.78, 5) is 11.1. The summed E-state index contributed by atoms with van der Waals surface area (Å²) in [6.07, 6.45) is 1.02. The third kappa shape index (κ3) is 2.95. The summed E-state index contributed by atoms with van der Waals surface area (Å²) in [7, 11) is 0. The Morgan fingerprint density at radius 1 is 1.29 bits per heavy atom. The van der Waals surface area contributed by atoms with E-state index >= 15 is 0 Å². The van der Waals surface area contributed by atoms with Gasteiger partial charge in [-0.2, -0.15) is 5.10 Å². The molecule has 0 saturated heterocycles. The molecule has 1 aromatic heterocycles. The van der Waals surface area contributed by atoms with E-state index in [9.17, 15) is 18.0 Å².